The van der Waals surface area contributed by atoms with Gasteiger partial charge in [-0.1, -0.05) is 41.0 Å². The molecule has 1 nitrogen and oxygen atoms in total. The minimum Gasteiger partial charge on any atom is -0.506 e. The Bertz CT molecular complexity index is 514. The Morgan fingerprint density at radius 1 is 0.938 bits per heavy atom. The van der Waals surface area contributed by atoms with Crippen LogP contribution >= 0.6 is 35.0 Å². The summed E-state index contributed by atoms with van der Waals surface area (Å²) < 4.78 is 0. The van der Waals surface area contributed by atoms with E-state index in [-0.39, 0.29) is 5.75 Å². The third-order valence-electron chi connectivity index (χ3n) is 1.95. The SMILES string of the molecule is Oc1ccc(Sc2cccc(Cl)c2)cc1Cl. The van der Waals surface area contributed by atoms with Crippen LogP contribution in [-0.4, -0.2) is 5.11 Å². The Hall–Kier alpha value is -0.830. The van der Waals surface area contributed by atoms with Crippen molar-refractivity contribution >= 4 is 35.0 Å². The quantitative estimate of drug-likeness (QED) is 0.842. The number of benzene rings is 2. The van der Waals surface area contributed by atoms with Gasteiger partial charge in [0.25, 0.3) is 0 Å². The summed E-state index contributed by atoms with van der Waals surface area (Å²) in [5, 5.41) is 10.3. The van der Waals surface area contributed by atoms with E-state index in [2.05, 4.69) is 0 Å². The van der Waals surface area contributed by atoms with Gasteiger partial charge in [-0.25, -0.2) is 0 Å². The summed E-state index contributed by atoms with van der Waals surface area (Å²) >= 11 is 13.3. The van der Waals surface area contributed by atoms with E-state index in [0.29, 0.717) is 10.0 Å². The molecule has 0 spiro atoms. The van der Waals surface area contributed by atoms with E-state index < -0.39 is 0 Å². The molecule has 2 aromatic carbocycles. The summed E-state index contributed by atoms with van der Waals surface area (Å²) in [6.45, 7) is 0. The largest absolute Gasteiger partial charge is 0.506 e. The van der Waals surface area contributed by atoms with Gasteiger partial charge >= 0.3 is 0 Å². The van der Waals surface area contributed by atoms with E-state index in [1.807, 2.05) is 30.3 Å². The van der Waals surface area contributed by atoms with E-state index >= 15 is 0 Å². The molecule has 0 saturated heterocycles. The predicted octanol–water partition coefficient (Wildman–Crippen LogP) is 4.85. The fourth-order valence-corrected chi connectivity index (χ4v) is 2.64. The highest BCUT2D eigenvalue weighted by molar-refractivity contribution is 7.99. The van der Waals surface area contributed by atoms with Crippen molar-refractivity contribution in [1.29, 1.82) is 0 Å². The number of halogens is 2. The number of aromatic hydroxyl groups is 1. The van der Waals surface area contributed by atoms with Crippen molar-refractivity contribution in [2.24, 2.45) is 0 Å². The third kappa shape index (κ3) is 2.85. The lowest BCUT2D eigenvalue weighted by atomic mass is 10.3. The number of phenols is 1. The smallest absolute Gasteiger partial charge is 0.134 e. The number of rotatable bonds is 2. The van der Waals surface area contributed by atoms with Crippen LogP contribution in [-0.2, 0) is 0 Å². The van der Waals surface area contributed by atoms with Crippen molar-refractivity contribution < 1.29 is 5.11 Å². The van der Waals surface area contributed by atoms with Crippen molar-refractivity contribution in [2.45, 2.75) is 9.79 Å². The fourth-order valence-electron chi connectivity index (χ4n) is 1.22. The Labute approximate surface area is 108 Å². The van der Waals surface area contributed by atoms with E-state index in [1.165, 1.54) is 0 Å². The van der Waals surface area contributed by atoms with Gasteiger partial charge in [0, 0.05) is 14.8 Å². The summed E-state index contributed by atoms with van der Waals surface area (Å²) in [6, 6.07) is 12.7. The molecule has 0 unspecified atom stereocenters. The van der Waals surface area contributed by atoms with Crippen LogP contribution in [0.4, 0.5) is 0 Å². The molecule has 2 aromatic rings. The Balaban J connectivity index is 2.24. The summed E-state index contributed by atoms with van der Waals surface area (Å²) in [5.74, 6) is 0.0945. The lowest BCUT2D eigenvalue weighted by Crippen LogP contribution is -1.75. The Kier molecular flexibility index (Phi) is 3.64. The van der Waals surface area contributed by atoms with Gasteiger partial charge in [0.1, 0.15) is 5.75 Å². The fraction of sp³-hybridized carbons (Fsp3) is 0. The molecule has 4 heteroatoms. The first-order valence-corrected chi connectivity index (χ1v) is 6.14. The Morgan fingerprint density at radius 3 is 2.38 bits per heavy atom. The third-order valence-corrected chi connectivity index (χ3v) is 3.47. The molecule has 0 aliphatic rings. The van der Waals surface area contributed by atoms with E-state index in [9.17, 15) is 5.11 Å². The maximum Gasteiger partial charge on any atom is 0.134 e. The molecular weight excluding hydrogens is 263 g/mol. The topological polar surface area (TPSA) is 20.2 Å². The summed E-state index contributed by atoms with van der Waals surface area (Å²) in [4.78, 5) is 2.00. The second kappa shape index (κ2) is 5.00. The van der Waals surface area contributed by atoms with Crippen LogP contribution < -0.4 is 0 Å². The molecule has 82 valence electrons. The van der Waals surface area contributed by atoms with Crippen LogP contribution in [0.3, 0.4) is 0 Å². The predicted molar refractivity (Wildman–Crippen MR) is 68.7 cm³/mol. The zero-order valence-corrected chi connectivity index (χ0v) is 10.5. The normalized spacial score (nSPS) is 10.4. The minimum absolute atomic E-state index is 0.0945. The van der Waals surface area contributed by atoms with Gasteiger partial charge in [-0.2, -0.15) is 0 Å². The first-order valence-electron chi connectivity index (χ1n) is 4.57. The second-order valence-corrected chi connectivity index (χ2v) is 5.16. The van der Waals surface area contributed by atoms with Gasteiger partial charge in [-0.15, -0.1) is 0 Å². The number of hydrogen-bond acceptors (Lipinski definition) is 2. The summed E-state index contributed by atoms with van der Waals surface area (Å²) in [7, 11) is 0. The summed E-state index contributed by atoms with van der Waals surface area (Å²) in [6.07, 6.45) is 0. The van der Waals surface area contributed by atoms with Crippen LogP contribution in [0.15, 0.2) is 52.3 Å². The minimum atomic E-state index is 0.0945. The van der Waals surface area contributed by atoms with E-state index in [1.54, 1.807) is 23.9 Å². The molecule has 0 aliphatic carbocycles. The number of hydrogen-bond donors (Lipinski definition) is 1. The van der Waals surface area contributed by atoms with E-state index in [4.69, 9.17) is 23.2 Å². The molecule has 0 radical (unpaired) electrons. The molecule has 0 bridgehead atoms. The lowest BCUT2D eigenvalue weighted by Gasteiger charge is -2.03. The van der Waals surface area contributed by atoms with Gasteiger partial charge in [0.05, 0.1) is 5.02 Å². The zero-order chi connectivity index (χ0) is 11.5. The maximum atomic E-state index is 9.29. The van der Waals surface area contributed by atoms with Crippen molar-refractivity contribution in [3.05, 3.63) is 52.5 Å². The van der Waals surface area contributed by atoms with Crippen LogP contribution in [0.1, 0.15) is 0 Å². The number of phenolic OH excluding ortho intramolecular Hbond substituents is 1. The van der Waals surface area contributed by atoms with Crippen LogP contribution in [0.2, 0.25) is 10.0 Å². The van der Waals surface area contributed by atoms with Crippen molar-refractivity contribution in [2.75, 3.05) is 0 Å². The van der Waals surface area contributed by atoms with Crippen LogP contribution in [0.25, 0.3) is 0 Å². The first-order chi connectivity index (χ1) is 7.65. The molecule has 0 fully saturated rings. The van der Waals surface area contributed by atoms with Crippen molar-refractivity contribution in [3.8, 4) is 5.75 Å². The average Bonchev–Trinajstić information content (AvgIpc) is 2.24. The van der Waals surface area contributed by atoms with Crippen molar-refractivity contribution in [1.82, 2.24) is 0 Å². The highest BCUT2D eigenvalue weighted by atomic mass is 35.5. The van der Waals surface area contributed by atoms with E-state index in [0.717, 1.165) is 9.79 Å². The highest BCUT2D eigenvalue weighted by Gasteiger charge is 2.02. The van der Waals surface area contributed by atoms with Gasteiger partial charge in [-0.05, 0) is 36.4 Å². The van der Waals surface area contributed by atoms with Crippen molar-refractivity contribution in [3.63, 3.8) is 0 Å². The lowest BCUT2D eigenvalue weighted by molar-refractivity contribution is 0.475. The molecule has 0 atom stereocenters. The van der Waals surface area contributed by atoms with Crippen LogP contribution in [0.5, 0.6) is 5.75 Å². The summed E-state index contributed by atoms with van der Waals surface area (Å²) in [5.41, 5.74) is 0. The van der Waals surface area contributed by atoms with Gasteiger partial charge < -0.3 is 5.11 Å². The Morgan fingerprint density at radius 2 is 1.69 bits per heavy atom. The molecule has 0 saturated carbocycles. The molecule has 0 aliphatic heterocycles. The maximum absolute atomic E-state index is 9.29. The zero-order valence-electron chi connectivity index (χ0n) is 8.15. The molecule has 2 rings (SSSR count). The highest BCUT2D eigenvalue weighted by Crippen LogP contribution is 2.33. The molecule has 0 heterocycles. The molecule has 0 amide bonds. The van der Waals surface area contributed by atoms with Gasteiger partial charge in [0.15, 0.2) is 0 Å². The first kappa shape index (κ1) is 11.6. The molecular formula is C12H8Cl2OS. The standard InChI is InChI=1S/C12H8Cl2OS/c13-8-2-1-3-9(6-8)16-10-4-5-12(15)11(14)7-10/h1-7,15H. The molecule has 16 heavy (non-hydrogen) atoms. The van der Waals surface area contributed by atoms with Crippen LogP contribution in [0, 0.1) is 0 Å². The second-order valence-electron chi connectivity index (χ2n) is 3.17. The average molecular weight is 271 g/mol. The molecule has 0 aromatic heterocycles. The monoisotopic (exact) mass is 270 g/mol. The molecule has 1 N–H and O–H groups in total. The van der Waals surface area contributed by atoms with Gasteiger partial charge in [0.2, 0.25) is 0 Å². The van der Waals surface area contributed by atoms with Gasteiger partial charge in [-0.3, -0.25) is 0 Å².